The third-order valence-corrected chi connectivity index (χ3v) is 6.99. The van der Waals surface area contributed by atoms with E-state index in [0.29, 0.717) is 23.8 Å². The largest absolute Gasteiger partial charge is 0.508 e. The first kappa shape index (κ1) is 23.3. The lowest BCUT2D eigenvalue weighted by Crippen LogP contribution is -2.36. The standard InChI is InChI=1S/C27H27N7O2S/c35-23-7-1-19(2-8-23)9-11-28-25-24-26(34(18-29-24)22-10-16-37-17-22)32-27(31-25)30-20-3-5-21(6-4-20)33-12-14-36-15-13-33/h1-8,10,16-18,35H,9,11-15H2,(H2,28,30,31,32). The lowest BCUT2D eigenvalue weighted by atomic mass is 10.1. The van der Waals surface area contributed by atoms with E-state index in [1.807, 2.05) is 40.3 Å². The summed E-state index contributed by atoms with van der Waals surface area (Å²) in [5.74, 6) is 1.43. The van der Waals surface area contributed by atoms with Crippen molar-refractivity contribution in [2.45, 2.75) is 6.42 Å². The molecular formula is C27H27N7O2S. The number of rotatable bonds is 8. The Morgan fingerprint density at radius 2 is 1.76 bits per heavy atom. The number of nitrogens with zero attached hydrogens (tertiary/aromatic N) is 5. The number of hydrogen-bond acceptors (Lipinski definition) is 9. The van der Waals surface area contributed by atoms with Crippen molar-refractivity contribution in [3.05, 3.63) is 77.2 Å². The van der Waals surface area contributed by atoms with Gasteiger partial charge in [0.15, 0.2) is 17.0 Å². The van der Waals surface area contributed by atoms with Gasteiger partial charge in [-0.3, -0.25) is 4.57 Å². The molecule has 9 nitrogen and oxygen atoms in total. The van der Waals surface area contributed by atoms with Gasteiger partial charge in [-0.25, -0.2) is 4.98 Å². The van der Waals surface area contributed by atoms with Crippen molar-refractivity contribution >= 4 is 45.6 Å². The SMILES string of the molecule is Oc1ccc(CCNc2nc(Nc3ccc(N4CCOCC4)cc3)nc3c2ncn3-c2ccsc2)cc1. The highest BCUT2D eigenvalue weighted by Gasteiger charge is 2.16. The first-order chi connectivity index (χ1) is 18.2. The summed E-state index contributed by atoms with van der Waals surface area (Å²) in [5, 5.41) is 20.5. The van der Waals surface area contributed by atoms with Crippen LogP contribution < -0.4 is 15.5 Å². The summed E-state index contributed by atoms with van der Waals surface area (Å²) in [6.07, 6.45) is 2.57. The fourth-order valence-corrected chi connectivity index (χ4v) is 4.98. The van der Waals surface area contributed by atoms with Crippen molar-refractivity contribution in [2.24, 2.45) is 0 Å². The molecule has 2 aromatic carbocycles. The number of phenols is 1. The predicted octanol–water partition coefficient (Wildman–Crippen LogP) is 4.82. The molecule has 3 N–H and O–H groups in total. The first-order valence-electron chi connectivity index (χ1n) is 12.2. The van der Waals surface area contributed by atoms with E-state index >= 15 is 0 Å². The minimum Gasteiger partial charge on any atom is -0.508 e. The van der Waals surface area contributed by atoms with Gasteiger partial charge < -0.3 is 25.4 Å². The summed E-state index contributed by atoms with van der Waals surface area (Å²) in [7, 11) is 0. The summed E-state index contributed by atoms with van der Waals surface area (Å²) < 4.78 is 7.44. The molecule has 188 valence electrons. The van der Waals surface area contributed by atoms with Gasteiger partial charge in [0, 0.05) is 36.4 Å². The normalized spacial score (nSPS) is 13.7. The highest BCUT2D eigenvalue weighted by Crippen LogP contribution is 2.27. The number of anilines is 4. The second-order valence-electron chi connectivity index (χ2n) is 8.78. The third kappa shape index (κ3) is 5.20. The van der Waals surface area contributed by atoms with E-state index in [9.17, 15) is 5.11 Å². The van der Waals surface area contributed by atoms with Gasteiger partial charge >= 0.3 is 0 Å². The van der Waals surface area contributed by atoms with E-state index in [-0.39, 0.29) is 5.75 Å². The number of ether oxygens (including phenoxy) is 1. The van der Waals surface area contributed by atoms with Crippen molar-refractivity contribution in [3.63, 3.8) is 0 Å². The van der Waals surface area contributed by atoms with Crippen molar-refractivity contribution in [1.29, 1.82) is 0 Å². The predicted molar refractivity (Wildman–Crippen MR) is 148 cm³/mol. The number of aromatic nitrogens is 4. The van der Waals surface area contributed by atoms with Crippen LogP contribution in [0.5, 0.6) is 5.75 Å². The average molecular weight is 514 g/mol. The molecule has 0 unspecified atom stereocenters. The second-order valence-corrected chi connectivity index (χ2v) is 9.56. The van der Waals surface area contributed by atoms with E-state index < -0.39 is 0 Å². The Bertz CT molecular complexity index is 1460. The molecule has 0 amide bonds. The van der Waals surface area contributed by atoms with Crippen LogP contribution in [0.2, 0.25) is 0 Å². The number of hydrogen-bond donors (Lipinski definition) is 3. The third-order valence-electron chi connectivity index (χ3n) is 6.32. The Morgan fingerprint density at radius 3 is 2.51 bits per heavy atom. The van der Waals surface area contributed by atoms with Crippen molar-refractivity contribution < 1.29 is 9.84 Å². The molecule has 37 heavy (non-hydrogen) atoms. The smallest absolute Gasteiger partial charge is 0.231 e. The lowest BCUT2D eigenvalue weighted by Gasteiger charge is -2.28. The molecule has 3 aromatic heterocycles. The molecule has 1 aliphatic rings. The molecule has 0 radical (unpaired) electrons. The minimum atomic E-state index is 0.266. The molecule has 1 fully saturated rings. The van der Waals surface area contributed by atoms with Gasteiger partial charge in [-0.2, -0.15) is 21.3 Å². The zero-order chi connectivity index (χ0) is 25.0. The van der Waals surface area contributed by atoms with Crippen LogP contribution in [0.3, 0.4) is 0 Å². The van der Waals surface area contributed by atoms with Crippen LogP contribution in [-0.4, -0.2) is 57.5 Å². The number of aromatic hydroxyl groups is 1. The van der Waals surface area contributed by atoms with Gasteiger partial charge in [-0.15, -0.1) is 0 Å². The van der Waals surface area contributed by atoms with Crippen LogP contribution in [0.25, 0.3) is 16.9 Å². The van der Waals surface area contributed by atoms with E-state index in [1.165, 1.54) is 5.69 Å². The average Bonchev–Trinajstić information content (AvgIpc) is 3.61. The Kier molecular flexibility index (Phi) is 6.57. The molecule has 4 heterocycles. The van der Waals surface area contributed by atoms with Crippen LogP contribution in [-0.2, 0) is 11.2 Å². The summed E-state index contributed by atoms with van der Waals surface area (Å²) in [5.41, 5.74) is 5.67. The number of fused-ring (bicyclic) bond motifs is 1. The quantitative estimate of drug-likeness (QED) is 0.272. The van der Waals surface area contributed by atoms with E-state index in [4.69, 9.17) is 14.7 Å². The van der Waals surface area contributed by atoms with Gasteiger partial charge in [-0.1, -0.05) is 12.1 Å². The second kappa shape index (κ2) is 10.5. The fourth-order valence-electron chi connectivity index (χ4n) is 4.36. The van der Waals surface area contributed by atoms with E-state index in [2.05, 4.69) is 38.0 Å². The van der Waals surface area contributed by atoms with Crippen LogP contribution in [0.15, 0.2) is 71.7 Å². The lowest BCUT2D eigenvalue weighted by molar-refractivity contribution is 0.122. The zero-order valence-electron chi connectivity index (χ0n) is 20.2. The van der Waals surface area contributed by atoms with E-state index in [1.54, 1.807) is 29.8 Å². The Hall–Kier alpha value is -4.15. The summed E-state index contributed by atoms with van der Waals surface area (Å²) >= 11 is 1.63. The maximum Gasteiger partial charge on any atom is 0.231 e. The zero-order valence-corrected chi connectivity index (χ0v) is 21.0. The highest BCUT2D eigenvalue weighted by molar-refractivity contribution is 7.08. The topological polar surface area (TPSA) is 100 Å². The molecule has 0 saturated carbocycles. The number of imidazole rings is 1. The molecule has 0 atom stereocenters. The summed E-state index contributed by atoms with van der Waals surface area (Å²) in [4.78, 5) is 16.6. The van der Waals surface area contributed by atoms with Crippen molar-refractivity contribution in [2.75, 3.05) is 48.4 Å². The number of morpholine rings is 1. The highest BCUT2D eigenvalue weighted by atomic mass is 32.1. The van der Waals surface area contributed by atoms with Crippen LogP contribution in [0, 0.1) is 0 Å². The number of phenolic OH excluding ortho intramolecular Hbond substituents is 1. The van der Waals surface area contributed by atoms with Crippen LogP contribution >= 0.6 is 11.3 Å². The molecule has 0 spiro atoms. The van der Waals surface area contributed by atoms with Crippen LogP contribution in [0.4, 0.5) is 23.1 Å². The number of thiophene rings is 1. The molecule has 0 bridgehead atoms. The molecule has 6 rings (SSSR count). The van der Waals surface area contributed by atoms with Gasteiger partial charge in [0.2, 0.25) is 5.95 Å². The molecule has 5 aromatic rings. The Labute approximate surface area is 218 Å². The Balaban J connectivity index is 1.26. The molecule has 10 heteroatoms. The number of benzene rings is 2. The molecule has 0 aliphatic carbocycles. The molecular weight excluding hydrogens is 486 g/mol. The van der Waals surface area contributed by atoms with Crippen molar-refractivity contribution in [1.82, 2.24) is 19.5 Å². The number of nitrogens with one attached hydrogen (secondary N) is 2. The first-order valence-corrected chi connectivity index (χ1v) is 13.2. The van der Waals surface area contributed by atoms with Gasteiger partial charge in [0.05, 0.1) is 18.9 Å². The minimum absolute atomic E-state index is 0.266. The van der Waals surface area contributed by atoms with Gasteiger partial charge in [0.1, 0.15) is 12.1 Å². The molecule has 1 saturated heterocycles. The van der Waals surface area contributed by atoms with Gasteiger partial charge in [-0.05, 0) is 59.8 Å². The summed E-state index contributed by atoms with van der Waals surface area (Å²) in [6, 6.07) is 17.6. The van der Waals surface area contributed by atoms with Crippen molar-refractivity contribution in [3.8, 4) is 11.4 Å². The van der Waals surface area contributed by atoms with E-state index in [0.717, 1.165) is 55.3 Å². The maximum absolute atomic E-state index is 9.54. The fraction of sp³-hybridized carbons (Fsp3) is 0.222. The molecule has 1 aliphatic heterocycles. The van der Waals surface area contributed by atoms with Crippen LogP contribution in [0.1, 0.15) is 5.56 Å². The maximum atomic E-state index is 9.54. The monoisotopic (exact) mass is 513 g/mol. The Morgan fingerprint density at radius 1 is 0.946 bits per heavy atom. The summed E-state index contributed by atoms with van der Waals surface area (Å²) in [6.45, 7) is 3.98. The van der Waals surface area contributed by atoms with Gasteiger partial charge in [0.25, 0.3) is 0 Å².